The molecule has 1 N–H and O–H groups in total. The van der Waals surface area contributed by atoms with Gasteiger partial charge in [-0.15, -0.1) is 0 Å². The molecule has 116 valence electrons. The van der Waals surface area contributed by atoms with Crippen LogP contribution in [0.25, 0.3) is 0 Å². The Labute approximate surface area is 119 Å². The first-order chi connectivity index (χ1) is 9.21. The van der Waals surface area contributed by atoms with Crippen LogP contribution in [0.4, 0.5) is 0 Å². The molecule has 1 aliphatic heterocycles. The number of rotatable bonds is 6. The number of carboxylic acids is 1. The fraction of sp³-hybridized carbons (Fsp3) is 0.833. The average molecular weight is 306 g/mol. The molecule has 1 rings (SSSR count). The molecular weight excluding hydrogens is 284 g/mol. The standard InChI is InChI=1S/C12H22N2O5S/c1-13(7-4-6-11(15)16)12(17)10-5-3-8-14(9-10)20(2,18)19/h10H,3-9H2,1-2H3,(H,15,16)/t10-/m0/s1. The largest absolute Gasteiger partial charge is 0.481 e. The highest BCUT2D eigenvalue weighted by Gasteiger charge is 2.31. The molecule has 0 radical (unpaired) electrons. The van der Waals surface area contributed by atoms with Crippen LogP contribution in [0.3, 0.4) is 0 Å². The molecule has 1 heterocycles. The van der Waals surface area contributed by atoms with Crippen molar-refractivity contribution in [3.63, 3.8) is 0 Å². The van der Waals surface area contributed by atoms with Crippen molar-refractivity contribution in [2.45, 2.75) is 25.7 Å². The lowest BCUT2D eigenvalue weighted by Crippen LogP contribution is -2.45. The quantitative estimate of drug-likeness (QED) is 0.744. The number of carbonyl (C=O) groups is 2. The van der Waals surface area contributed by atoms with E-state index in [2.05, 4.69) is 0 Å². The van der Waals surface area contributed by atoms with Crippen LogP contribution in [-0.4, -0.2) is 67.5 Å². The second-order valence-corrected chi connectivity index (χ2v) is 7.20. The molecule has 1 fully saturated rings. The Bertz CT molecular complexity index is 462. The first-order valence-corrected chi connectivity index (χ1v) is 8.48. The predicted molar refractivity (Wildman–Crippen MR) is 73.6 cm³/mol. The number of nitrogens with zero attached hydrogens (tertiary/aromatic N) is 2. The number of carboxylic acid groups (broad SMARTS) is 1. The number of amides is 1. The number of piperidine rings is 1. The highest BCUT2D eigenvalue weighted by molar-refractivity contribution is 7.88. The second kappa shape index (κ2) is 7.03. The van der Waals surface area contributed by atoms with E-state index in [1.165, 1.54) is 9.21 Å². The summed E-state index contributed by atoms with van der Waals surface area (Å²) in [4.78, 5) is 24.1. The molecule has 1 atom stereocenters. The van der Waals surface area contributed by atoms with E-state index in [1.54, 1.807) is 7.05 Å². The minimum Gasteiger partial charge on any atom is -0.481 e. The smallest absolute Gasteiger partial charge is 0.303 e. The Kier molecular flexibility index (Phi) is 5.94. The SMILES string of the molecule is CN(CCCC(=O)O)C(=O)[C@H]1CCCN(S(C)(=O)=O)C1. The van der Waals surface area contributed by atoms with Gasteiger partial charge in [0.15, 0.2) is 0 Å². The van der Waals surface area contributed by atoms with Crippen molar-refractivity contribution in [2.24, 2.45) is 5.92 Å². The molecular formula is C12H22N2O5S. The lowest BCUT2D eigenvalue weighted by Gasteiger charge is -2.32. The molecule has 1 saturated heterocycles. The van der Waals surface area contributed by atoms with Crippen molar-refractivity contribution in [3.05, 3.63) is 0 Å². The van der Waals surface area contributed by atoms with Gasteiger partial charge in [-0.1, -0.05) is 0 Å². The Balaban J connectivity index is 2.51. The van der Waals surface area contributed by atoms with E-state index in [0.717, 1.165) is 6.26 Å². The highest BCUT2D eigenvalue weighted by Crippen LogP contribution is 2.20. The molecule has 7 nitrogen and oxygen atoms in total. The summed E-state index contributed by atoms with van der Waals surface area (Å²) in [5.41, 5.74) is 0. The van der Waals surface area contributed by atoms with Gasteiger partial charge >= 0.3 is 5.97 Å². The Morgan fingerprint density at radius 1 is 1.40 bits per heavy atom. The van der Waals surface area contributed by atoms with Crippen LogP contribution in [0.1, 0.15) is 25.7 Å². The fourth-order valence-electron chi connectivity index (χ4n) is 2.33. The number of hydrogen-bond acceptors (Lipinski definition) is 4. The molecule has 0 unspecified atom stereocenters. The van der Waals surface area contributed by atoms with Gasteiger partial charge in [0, 0.05) is 33.1 Å². The first-order valence-electron chi connectivity index (χ1n) is 6.63. The van der Waals surface area contributed by atoms with Crippen molar-refractivity contribution in [1.29, 1.82) is 0 Å². The van der Waals surface area contributed by atoms with Crippen molar-refractivity contribution < 1.29 is 23.1 Å². The van der Waals surface area contributed by atoms with Gasteiger partial charge in [0.05, 0.1) is 12.2 Å². The van der Waals surface area contributed by atoms with Gasteiger partial charge in [0.1, 0.15) is 0 Å². The van der Waals surface area contributed by atoms with E-state index in [0.29, 0.717) is 32.4 Å². The average Bonchev–Trinajstić information content (AvgIpc) is 2.36. The molecule has 0 saturated carbocycles. The predicted octanol–water partition coefficient (Wildman–Crippen LogP) is -0.0188. The number of carbonyl (C=O) groups excluding carboxylic acids is 1. The van der Waals surface area contributed by atoms with Crippen LogP contribution in [-0.2, 0) is 19.6 Å². The minimum atomic E-state index is -3.26. The highest BCUT2D eigenvalue weighted by atomic mass is 32.2. The zero-order valence-electron chi connectivity index (χ0n) is 11.9. The van der Waals surface area contributed by atoms with Gasteiger partial charge in [-0.25, -0.2) is 12.7 Å². The molecule has 0 spiro atoms. The summed E-state index contributed by atoms with van der Waals surface area (Å²) in [6.07, 6.45) is 2.93. The molecule has 20 heavy (non-hydrogen) atoms. The molecule has 0 bridgehead atoms. The van der Waals surface area contributed by atoms with Crippen LogP contribution in [0.2, 0.25) is 0 Å². The maximum Gasteiger partial charge on any atom is 0.303 e. The molecule has 8 heteroatoms. The van der Waals surface area contributed by atoms with Crippen molar-refractivity contribution in [1.82, 2.24) is 9.21 Å². The molecule has 0 aromatic carbocycles. The summed E-state index contributed by atoms with van der Waals surface area (Å²) in [7, 11) is -1.63. The van der Waals surface area contributed by atoms with Crippen LogP contribution in [0.5, 0.6) is 0 Å². The van der Waals surface area contributed by atoms with Crippen molar-refractivity contribution in [3.8, 4) is 0 Å². The van der Waals surface area contributed by atoms with E-state index in [1.807, 2.05) is 0 Å². The van der Waals surface area contributed by atoms with Gasteiger partial charge in [0.2, 0.25) is 15.9 Å². The molecule has 1 amide bonds. The number of sulfonamides is 1. The fourth-order valence-corrected chi connectivity index (χ4v) is 3.25. The summed E-state index contributed by atoms with van der Waals surface area (Å²) in [5.74, 6) is -1.32. The summed E-state index contributed by atoms with van der Waals surface area (Å²) < 4.78 is 24.4. The van der Waals surface area contributed by atoms with Crippen LogP contribution in [0, 0.1) is 5.92 Å². The maximum absolute atomic E-state index is 12.2. The van der Waals surface area contributed by atoms with Crippen LogP contribution in [0.15, 0.2) is 0 Å². The van der Waals surface area contributed by atoms with Crippen molar-refractivity contribution in [2.75, 3.05) is 32.9 Å². The van der Waals surface area contributed by atoms with E-state index in [-0.39, 0.29) is 24.8 Å². The number of hydrogen-bond donors (Lipinski definition) is 1. The Morgan fingerprint density at radius 2 is 2.05 bits per heavy atom. The van der Waals surface area contributed by atoms with Gasteiger partial charge < -0.3 is 10.0 Å². The third-order valence-electron chi connectivity index (χ3n) is 3.46. The molecule has 0 aliphatic carbocycles. The summed E-state index contributed by atoms with van der Waals surface area (Å²) in [6.45, 7) is 1.06. The first kappa shape index (κ1) is 16.9. The normalized spacial score (nSPS) is 20.6. The van der Waals surface area contributed by atoms with Gasteiger partial charge in [0.25, 0.3) is 0 Å². The van der Waals surface area contributed by atoms with Gasteiger partial charge in [-0.05, 0) is 19.3 Å². The molecule has 0 aromatic heterocycles. The van der Waals surface area contributed by atoms with Crippen LogP contribution >= 0.6 is 0 Å². The topological polar surface area (TPSA) is 95.0 Å². The zero-order valence-corrected chi connectivity index (χ0v) is 12.7. The van der Waals surface area contributed by atoms with Gasteiger partial charge in [-0.3, -0.25) is 9.59 Å². The second-order valence-electron chi connectivity index (χ2n) is 5.22. The molecule has 1 aliphatic rings. The minimum absolute atomic E-state index is 0.0255. The van der Waals surface area contributed by atoms with E-state index < -0.39 is 16.0 Å². The summed E-state index contributed by atoms with van der Waals surface area (Å²) in [6, 6.07) is 0. The Morgan fingerprint density at radius 3 is 2.60 bits per heavy atom. The van der Waals surface area contributed by atoms with E-state index in [4.69, 9.17) is 5.11 Å². The Hall–Kier alpha value is -1.15. The van der Waals surface area contributed by atoms with E-state index in [9.17, 15) is 18.0 Å². The van der Waals surface area contributed by atoms with Gasteiger partial charge in [-0.2, -0.15) is 0 Å². The lowest BCUT2D eigenvalue weighted by molar-refractivity contribution is -0.139. The van der Waals surface area contributed by atoms with Crippen molar-refractivity contribution >= 4 is 21.9 Å². The van der Waals surface area contributed by atoms with Crippen LogP contribution < -0.4 is 0 Å². The third kappa shape index (κ3) is 5.09. The summed E-state index contributed by atoms with van der Waals surface area (Å²) in [5, 5.41) is 8.56. The lowest BCUT2D eigenvalue weighted by atomic mass is 9.98. The maximum atomic E-state index is 12.2. The number of aliphatic carboxylic acids is 1. The monoisotopic (exact) mass is 306 g/mol. The molecule has 0 aromatic rings. The zero-order chi connectivity index (χ0) is 15.3. The summed E-state index contributed by atoms with van der Waals surface area (Å²) >= 11 is 0. The third-order valence-corrected chi connectivity index (χ3v) is 4.73. The van der Waals surface area contributed by atoms with E-state index >= 15 is 0 Å².